The SMILES string of the molecule is CCc1ccc(NC(=O)C(CC)N2C(=O)C(=O)c3cccc(C)c32)cc1. The molecular weight excluding hydrogens is 328 g/mol. The van der Waals surface area contributed by atoms with Gasteiger partial charge in [-0.3, -0.25) is 19.3 Å². The molecule has 2 aromatic rings. The summed E-state index contributed by atoms with van der Waals surface area (Å²) < 4.78 is 0. The topological polar surface area (TPSA) is 66.5 Å². The number of hydrogen-bond donors (Lipinski definition) is 1. The highest BCUT2D eigenvalue weighted by Crippen LogP contribution is 2.34. The summed E-state index contributed by atoms with van der Waals surface area (Å²) in [5, 5.41) is 2.86. The maximum atomic E-state index is 12.8. The van der Waals surface area contributed by atoms with Gasteiger partial charge < -0.3 is 5.32 Å². The van der Waals surface area contributed by atoms with Crippen molar-refractivity contribution in [2.24, 2.45) is 0 Å². The fourth-order valence-electron chi connectivity index (χ4n) is 3.32. The fourth-order valence-corrected chi connectivity index (χ4v) is 3.32. The lowest BCUT2D eigenvalue weighted by Gasteiger charge is -2.27. The lowest BCUT2D eigenvalue weighted by molar-refractivity contribution is -0.121. The van der Waals surface area contributed by atoms with Gasteiger partial charge in [-0.2, -0.15) is 0 Å². The van der Waals surface area contributed by atoms with Crippen molar-refractivity contribution < 1.29 is 14.4 Å². The lowest BCUT2D eigenvalue weighted by atomic mass is 10.1. The van der Waals surface area contributed by atoms with Gasteiger partial charge in [-0.15, -0.1) is 0 Å². The van der Waals surface area contributed by atoms with Crippen LogP contribution in [0.5, 0.6) is 0 Å². The molecule has 5 nitrogen and oxygen atoms in total. The van der Waals surface area contributed by atoms with Crippen molar-refractivity contribution in [3.05, 3.63) is 59.2 Å². The third-order valence-electron chi connectivity index (χ3n) is 4.77. The van der Waals surface area contributed by atoms with E-state index in [0.717, 1.165) is 12.0 Å². The minimum absolute atomic E-state index is 0.297. The van der Waals surface area contributed by atoms with Crippen LogP contribution in [0.15, 0.2) is 42.5 Å². The summed E-state index contributed by atoms with van der Waals surface area (Å²) in [4.78, 5) is 39.1. The van der Waals surface area contributed by atoms with E-state index in [9.17, 15) is 14.4 Å². The summed E-state index contributed by atoms with van der Waals surface area (Å²) in [5.41, 5.74) is 3.58. The molecule has 1 unspecified atom stereocenters. The molecule has 0 saturated carbocycles. The normalized spacial score (nSPS) is 14.3. The molecule has 1 atom stereocenters. The van der Waals surface area contributed by atoms with Crippen LogP contribution in [0.25, 0.3) is 0 Å². The van der Waals surface area contributed by atoms with Crippen molar-refractivity contribution >= 4 is 29.0 Å². The van der Waals surface area contributed by atoms with Crippen LogP contribution in [-0.4, -0.2) is 23.6 Å². The maximum absolute atomic E-state index is 12.8. The van der Waals surface area contributed by atoms with Gasteiger partial charge in [0, 0.05) is 5.69 Å². The Labute approximate surface area is 153 Å². The average molecular weight is 350 g/mol. The Morgan fingerprint density at radius 1 is 1.08 bits per heavy atom. The Morgan fingerprint density at radius 2 is 1.77 bits per heavy atom. The van der Waals surface area contributed by atoms with E-state index in [1.807, 2.05) is 44.2 Å². The highest BCUT2D eigenvalue weighted by Gasteiger charge is 2.42. The summed E-state index contributed by atoms with van der Waals surface area (Å²) in [5.74, 6) is -1.49. The minimum Gasteiger partial charge on any atom is -0.324 e. The van der Waals surface area contributed by atoms with E-state index in [2.05, 4.69) is 12.2 Å². The summed E-state index contributed by atoms with van der Waals surface area (Å²) in [6.07, 6.45) is 1.33. The van der Waals surface area contributed by atoms with Crippen LogP contribution in [0, 0.1) is 6.92 Å². The first-order chi connectivity index (χ1) is 12.5. The Kier molecular flexibility index (Phi) is 4.89. The van der Waals surface area contributed by atoms with Crippen LogP contribution in [-0.2, 0) is 16.0 Å². The number of benzene rings is 2. The Morgan fingerprint density at radius 3 is 2.38 bits per heavy atom. The molecule has 1 heterocycles. The molecule has 1 aliphatic rings. The second-order valence-corrected chi connectivity index (χ2v) is 6.44. The Balaban J connectivity index is 1.90. The molecule has 134 valence electrons. The number of nitrogens with zero attached hydrogens (tertiary/aromatic N) is 1. The quantitative estimate of drug-likeness (QED) is 0.839. The van der Waals surface area contributed by atoms with Crippen LogP contribution >= 0.6 is 0 Å². The molecule has 0 spiro atoms. The van der Waals surface area contributed by atoms with E-state index in [4.69, 9.17) is 0 Å². The number of rotatable bonds is 5. The first-order valence-corrected chi connectivity index (χ1v) is 8.85. The summed E-state index contributed by atoms with van der Waals surface area (Å²) in [6.45, 7) is 5.74. The molecule has 2 aromatic carbocycles. The Bertz CT molecular complexity index is 871. The molecule has 5 heteroatoms. The van der Waals surface area contributed by atoms with Crippen molar-refractivity contribution in [1.82, 2.24) is 0 Å². The van der Waals surface area contributed by atoms with Gasteiger partial charge in [0.15, 0.2) is 0 Å². The summed E-state index contributed by atoms with van der Waals surface area (Å²) >= 11 is 0. The minimum atomic E-state index is -0.736. The third-order valence-corrected chi connectivity index (χ3v) is 4.77. The first kappa shape index (κ1) is 17.9. The lowest BCUT2D eigenvalue weighted by Crippen LogP contribution is -2.46. The zero-order valence-electron chi connectivity index (χ0n) is 15.2. The second kappa shape index (κ2) is 7.12. The molecule has 1 N–H and O–H groups in total. The summed E-state index contributed by atoms with van der Waals surface area (Å²) in [7, 11) is 0. The van der Waals surface area contributed by atoms with Crippen LogP contribution in [0.4, 0.5) is 11.4 Å². The van der Waals surface area contributed by atoms with Crippen molar-refractivity contribution in [2.45, 2.75) is 39.7 Å². The maximum Gasteiger partial charge on any atom is 0.300 e. The molecule has 0 fully saturated rings. The molecule has 0 aromatic heterocycles. The third kappa shape index (κ3) is 3.01. The van der Waals surface area contributed by atoms with E-state index in [-0.39, 0.29) is 5.91 Å². The van der Waals surface area contributed by atoms with Crippen molar-refractivity contribution in [2.75, 3.05) is 10.2 Å². The van der Waals surface area contributed by atoms with Crippen molar-refractivity contribution in [1.29, 1.82) is 0 Å². The van der Waals surface area contributed by atoms with Gasteiger partial charge in [0.2, 0.25) is 5.91 Å². The summed E-state index contributed by atoms with van der Waals surface area (Å²) in [6, 6.07) is 12.1. The van der Waals surface area contributed by atoms with E-state index in [0.29, 0.717) is 23.4 Å². The molecule has 0 bridgehead atoms. The number of ketones is 1. The molecule has 0 aliphatic carbocycles. The number of anilines is 2. The smallest absolute Gasteiger partial charge is 0.300 e. The number of fused-ring (bicyclic) bond motifs is 1. The van der Waals surface area contributed by atoms with Crippen LogP contribution in [0.2, 0.25) is 0 Å². The number of nitrogens with one attached hydrogen (secondary N) is 1. The van der Waals surface area contributed by atoms with Gasteiger partial charge in [-0.25, -0.2) is 0 Å². The van der Waals surface area contributed by atoms with E-state index >= 15 is 0 Å². The van der Waals surface area contributed by atoms with E-state index < -0.39 is 17.7 Å². The van der Waals surface area contributed by atoms with Gasteiger partial charge in [0.1, 0.15) is 6.04 Å². The van der Waals surface area contributed by atoms with Gasteiger partial charge in [-0.05, 0) is 49.1 Å². The number of amides is 2. The Hall–Kier alpha value is -2.95. The largest absolute Gasteiger partial charge is 0.324 e. The predicted octanol–water partition coefficient (Wildman–Crippen LogP) is 3.50. The number of aryl methyl sites for hydroxylation is 2. The predicted molar refractivity (Wildman–Crippen MR) is 102 cm³/mol. The molecule has 2 amide bonds. The van der Waals surface area contributed by atoms with Gasteiger partial charge in [0.25, 0.3) is 11.7 Å². The molecule has 1 aliphatic heterocycles. The van der Waals surface area contributed by atoms with Crippen LogP contribution < -0.4 is 10.2 Å². The monoisotopic (exact) mass is 350 g/mol. The number of carbonyl (C=O) groups is 3. The highest BCUT2D eigenvalue weighted by atomic mass is 16.2. The molecule has 0 radical (unpaired) electrons. The zero-order chi connectivity index (χ0) is 18.8. The van der Waals surface area contributed by atoms with Crippen LogP contribution in [0.3, 0.4) is 0 Å². The number of hydrogen-bond acceptors (Lipinski definition) is 3. The fraction of sp³-hybridized carbons (Fsp3) is 0.286. The number of para-hydroxylation sites is 1. The molecular formula is C21H22N2O3. The van der Waals surface area contributed by atoms with E-state index in [1.54, 1.807) is 12.1 Å². The zero-order valence-corrected chi connectivity index (χ0v) is 15.2. The first-order valence-electron chi connectivity index (χ1n) is 8.85. The number of carbonyl (C=O) groups excluding carboxylic acids is 3. The molecule has 0 saturated heterocycles. The average Bonchev–Trinajstić information content (AvgIpc) is 2.90. The van der Waals surface area contributed by atoms with Crippen molar-refractivity contribution in [3.8, 4) is 0 Å². The van der Waals surface area contributed by atoms with Gasteiger partial charge >= 0.3 is 0 Å². The van der Waals surface area contributed by atoms with Gasteiger partial charge in [0.05, 0.1) is 11.3 Å². The molecule has 3 rings (SSSR count). The van der Waals surface area contributed by atoms with Crippen LogP contribution in [0.1, 0.15) is 41.8 Å². The second-order valence-electron chi connectivity index (χ2n) is 6.44. The van der Waals surface area contributed by atoms with Gasteiger partial charge in [-0.1, -0.05) is 38.1 Å². The van der Waals surface area contributed by atoms with Crippen molar-refractivity contribution in [3.63, 3.8) is 0 Å². The van der Waals surface area contributed by atoms with E-state index in [1.165, 1.54) is 10.5 Å². The molecule has 26 heavy (non-hydrogen) atoms. The standard InChI is InChI=1S/C21H22N2O3/c1-4-14-9-11-15(12-10-14)22-20(25)17(5-2)23-18-13(3)7-6-8-16(18)19(24)21(23)26/h6-12,17H,4-5H2,1-3H3,(H,22,25). The highest BCUT2D eigenvalue weighted by molar-refractivity contribution is 6.53. The number of Topliss-reactive ketones (excluding diaryl/α,β-unsaturated/α-hetero) is 1.